The summed E-state index contributed by atoms with van der Waals surface area (Å²) >= 11 is 1.77. The summed E-state index contributed by atoms with van der Waals surface area (Å²) in [5.41, 5.74) is 2.33. The van der Waals surface area contributed by atoms with Crippen molar-refractivity contribution >= 4 is 26.7 Å². The molecular formula is C23H31O4SSi. The highest BCUT2D eigenvalue weighted by Gasteiger charge is 2.33. The van der Waals surface area contributed by atoms with Gasteiger partial charge in [-0.15, -0.1) is 11.3 Å². The van der Waals surface area contributed by atoms with Crippen LogP contribution in [0.1, 0.15) is 74.2 Å². The SMILES string of the molecule is C[Si](C)OC(CC(c1ccc2c(c1)OOC2CCC=O)C(C)(C)C)c1cccs1. The van der Waals surface area contributed by atoms with Crippen LogP contribution >= 0.6 is 11.3 Å². The molecule has 1 aliphatic heterocycles. The Labute approximate surface area is 179 Å². The third-order valence-corrected chi connectivity index (χ3v) is 7.04. The molecule has 0 aliphatic carbocycles. The Hall–Kier alpha value is -1.47. The average molecular weight is 432 g/mol. The lowest BCUT2D eigenvalue weighted by Gasteiger charge is -2.34. The zero-order valence-electron chi connectivity index (χ0n) is 17.9. The number of fused-ring (bicyclic) bond motifs is 1. The van der Waals surface area contributed by atoms with E-state index >= 15 is 0 Å². The van der Waals surface area contributed by atoms with Crippen LogP contribution in [-0.4, -0.2) is 15.3 Å². The number of carbonyl (C=O) groups excluding carboxylic acids is 1. The standard InChI is InChI=1S/C23H31O4SSi/c1-23(2,3)18(15-21(27-29(4)5)22-9-7-13-28-22)16-10-11-17-19(8-6-12-24)25-26-20(17)14-16/h7,9-14,18-19,21H,6,8,15H2,1-5H3. The van der Waals surface area contributed by atoms with Gasteiger partial charge in [0.1, 0.15) is 12.4 Å². The van der Waals surface area contributed by atoms with E-state index in [-0.39, 0.29) is 17.6 Å². The lowest BCUT2D eigenvalue weighted by atomic mass is 9.73. The van der Waals surface area contributed by atoms with Gasteiger partial charge in [0.05, 0.1) is 6.10 Å². The van der Waals surface area contributed by atoms with Crippen LogP contribution in [0.3, 0.4) is 0 Å². The van der Waals surface area contributed by atoms with Gasteiger partial charge in [-0.25, -0.2) is 0 Å². The summed E-state index contributed by atoms with van der Waals surface area (Å²) in [6.45, 7) is 11.2. The Morgan fingerprint density at radius 3 is 2.69 bits per heavy atom. The lowest BCUT2D eigenvalue weighted by molar-refractivity contribution is -0.225. The van der Waals surface area contributed by atoms with Crippen molar-refractivity contribution in [2.24, 2.45) is 5.41 Å². The fourth-order valence-corrected chi connectivity index (χ4v) is 5.52. The normalized spacial score (nSPS) is 18.3. The molecule has 4 nitrogen and oxygen atoms in total. The quantitative estimate of drug-likeness (QED) is 0.254. The number of aldehydes is 1. The van der Waals surface area contributed by atoms with Gasteiger partial charge in [-0.3, -0.25) is 0 Å². The minimum Gasteiger partial charge on any atom is -0.409 e. The van der Waals surface area contributed by atoms with Crippen LogP contribution in [0.15, 0.2) is 35.7 Å². The van der Waals surface area contributed by atoms with E-state index in [1.54, 1.807) is 11.3 Å². The molecule has 1 aromatic carbocycles. The molecule has 1 aliphatic rings. The summed E-state index contributed by atoms with van der Waals surface area (Å²) in [6.07, 6.45) is 2.91. The van der Waals surface area contributed by atoms with Gasteiger partial charge < -0.3 is 14.1 Å². The van der Waals surface area contributed by atoms with Gasteiger partial charge in [-0.2, -0.15) is 4.89 Å². The van der Waals surface area contributed by atoms with Crippen LogP contribution in [0.5, 0.6) is 5.75 Å². The fourth-order valence-electron chi connectivity index (χ4n) is 3.88. The molecule has 2 heterocycles. The summed E-state index contributed by atoms with van der Waals surface area (Å²) in [4.78, 5) is 23.0. The monoisotopic (exact) mass is 431 g/mol. The van der Waals surface area contributed by atoms with E-state index < -0.39 is 9.04 Å². The lowest BCUT2D eigenvalue weighted by Crippen LogP contribution is -2.23. The van der Waals surface area contributed by atoms with Crippen molar-refractivity contribution in [1.29, 1.82) is 0 Å². The van der Waals surface area contributed by atoms with E-state index in [4.69, 9.17) is 14.2 Å². The van der Waals surface area contributed by atoms with E-state index in [2.05, 4.69) is 69.6 Å². The number of hydrogen-bond acceptors (Lipinski definition) is 5. The molecular weight excluding hydrogens is 400 g/mol. The highest BCUT2D eigenvalue weighted by molar-refractivity contribution is 7.10. The Kier molecular flexibility index (Phi) is 7.32. The first-order valence-electron chi connectivity index (χ1n) is 10.2. The van der Waals surface area contributed by atoms with Gasteiger partial charge in [-0.05, 0) is 60.3 Å². The van der Waals surface area contributed by atoms with Crippen LogP contribution in [-0.2, 0) is 14.1 Å². The predicted octanol–water partition coefficient (Wildman–Crippen LogP) is 6.62. The van der Waals surface area contributed by atoms with Gasteiger partial charge >= 0.3 is 0 Å². The molecule has 0 saturated carbocycles. The summed E-state index contributed by atoms with van der Waals surface area (Å²) < 4.78 is 6.42. The van der Waals surface area contributed by atoms with Crippen LogP contribution in [0.2, 0.25) is 13.1 Å². The predicted molar refractivity (Wildman–Crippen MR) is 119 cm³/mol. The molecule has 3 atom stereocenters. The number of carbonyl (C=O) groups is 1. The highest BCUT2D eigenvalue weighted by atomic mass is 32.1. The van der Waals surface area contributed by atoms with Crippen molar-refractivity contribution in [3.8, 4) is 5.75 Å². The van der Waals surface area contributed by atoms with E-state index in [0.29, 0.717) is 18.8 Å². The maximum atomic E-state index is 10.7. The van der Waals surface area contributed by atoms with Gasteiger partial charge in [0.2, 0.25) is 9.04 Å². The third kappa shape index (κ3) is 5.57. The minimum atomic E-state index is -0.822. The molecule has 0 N–H and O–H groups in total. The molecule has 1 aromatic heterocycles. The second-order valence-electron chi connectivity index (χ2n) is 8.89. The first-order chi connectivity index (χ1) is 13.8. The van der Waals surface area contributed by atoms with Gasteiger partial charge in [0.15, 0.2) is 5.75 Å². The Balaban J connectivity index is 1.87. The van der Waals surface area contributed by atoms with E-state index in [9.17, 15) is 4.79 Å². The molecule has 157 valence electrons. The van der Waals surface area contributed by atoms with Crippen molar-refractivity contribution in [1.82, 2.24) is 0 Å². The molecule has 0 spiro atoms. The van der Waals surface area contributed by atoms with E-state index in [0.717, 1.165) is 24.0 Å². The summed E-state index contributed by atoms with van der Waals surface area (Å²) in [5, 5.41) is 2.12. The number of thiophene rings is 1. The van der Waals surface area contributed by atoms with Crippen molar-refractivity contribution in [3.63, 3.8) is 0 Å². The molecule has 0 saturated heterocycles. The fraction of sp³-hybridized carbons (Fsp3) is 0.522. The minimum absolute atomic E-state index is 0.0673. The molecule has 1 radical (unpaired) electrons. The Morgan fingerprint density at radius 2 is 2.07 bits per heavy atom. The molecule has 0 bridgehead atoms. The number of hydrogen-bond donors (Lipinski definition) is 0. The maximum Gasteiger partial charge on any atom is 0.205 e. The molecule has 0 amide bonds. The molecule has 6 heteroatoms. The van der Waals surface area contributed by atoms with Crippen LogP contribution in [0.25, 0.3) is 0 Å². The van der Waals surface area contributed by atoms with E-state index in [1.165, 1.54) is 10.4 Å². The van der Waals surface area contributed by atoms with Crippen LogP contribution in [0, 0.1) is 5.41 Å². The second kappa shape index (κ2) is 9.56. The number of benzene rings is 1. The summed E-state index contributed by atoms with van der Waals surface area (Å²) in [6, 6.07) is 10.7. The van der Waals surface area contributed by atoms with Gasteiger partial charge in [-0.1, -0.05) is 39.0 Å². The second-order valence-corrected chi connectivity index (χ2v) is 11.9. The molecule has 0 fully saturated rings. The van der Waals surface area contributed by atoms with Crippen molar-refractivity contribution in [2.45, 2.75) is 71.3 Å². The van der Waals surface area contributed by atoms with Crippen molar-refractivity contribution in [3.05, 3.63) is 51.7 Å². The smallest absolute Gasteiger partial charge is 0.205 e. The van der Waals surface area contributed by atoms with Crippen LogP contribution in [0.4, 0.5) is 0 Å². The van der Waals surface area contributed by atoms with E-state index in [1.807, 2.05) is 0 Å². The first kappa shape index (κ1) is 22.2. The van der Waals surface area contributed by atoms with Crippen molar-refractivity contribution in [2.75, 3.05) is 0 Å². The van der Waals surface area contributed by atoms with Crippen LogP contribution < -0.4 is 4.89 Å². The third-order valence-electron chi connectivity index (χ3n) is 5.32. The molecule has 2 aromatic rings. The Morgan fingerprint density at radius 1 is 1.28 bits per heavy atom. The zero-order chi connectivity index (χ0) is 21.0. The van der Waals surface area contributed by atoms with Gasteiger partial charge in [0.25, 0.3) is 0 Å². The zero-order valence-corrected chi connectivity index (χ0v) is 19.8. The summed E-state index contributed by atoms with van der Waals surface area (Å²) in [7, 11) is -0.822. The average Bonchev–Trinajstić information content (AvgIpc) is 3.31. The Bertz CT molecular complexity index is 798. The molecule has 3 unspecified atom stereocenters. The topological polar surface area (TPSA) is 44.8 Å². The number of rotatable bonds is 9. The highest BCUT2D eigenvalue weighted by Crippen LogP contribution is 2.46. The molecule has 29 heavy (non-hydrogen) atoms. The van der Waals surface area contributed by atoms with Gasteiger partial charge in [0, 0.05) is 16.9 Å². The molecule has 3 rings (SSSR count). The van der Waals surface area contributed by atoms with Crippen molar-refractivity contribution < 1.29 is 19.0 Å². The maximum absolute atomic E-state index is 10.7. The first-order valence-corrected chi connectivity index (χ1v) is 13.5. The largest absolute Gasteiger partial charge is 0.409 e. The summed E-state index contributed by atoms with van der Waals surface area (Å²) in [5.74, 6) is 1.08.